The summed E-state index contributed by atoms with van der Waals surface area (Å²) in [4.78, 5) is 32.0. The predicted octanol–water partition coefficient (Wildman–Crippen LogP) is 4.99. The smallest absolute Gasteiger partial charge is 0.338 e. The third-order valence-corrected chi connectivity index (χ3v) is 7.57. The highest BCUT2D eigenvalue weighted by atomic mass is 35.5. The summed E-state index contributed by atoms with van der Waals surface area (Å²) < 4.78 is 18.3. The van der Waals surface area contributed by atoms with Crippen LogP contribution in [0.5, 0.6) is 0 Å². The maximum atomic E-state index is 13.8. The minimum absolute atomic E-state index is 0.0697. The average molecular weight is 569 g/mol. The van der Waals surface area contributed by atoms with Gasteiger partial charge in [0.25, 0.3) is 5.56 Å². The molecule has 194 valence electrons. The van der Waals surface area contributed by atoms with Gasteiger partial charge in [-0.05, 0) is 55.0 Å². The van der Waals surface area contributed by atoms with Gasteiger partial charge in [-0.3, -0.25) is 9.36 Å². The molecule has 1 aliphatic heterocycles. The molecule has 2 aromatic heterocycles. The van der Waals surface area contributed by atoms with E-state index < -0.39 is 12.0 Å². The van der Waals surface area contributed by atoms with E-state index in [1.807, 2.05) is 18.2 Å². The summed E-state index contributed by atoms with van der Waals surface area (Å²) in [5, 5.41) is 1.05. The monoisotopic (exact) mass is 568 g/mol. The number of benzene rings is 2. The van der Waals surface area contributed by atoms with Crippen molar-refractivity contribution in [3.8, 4) is 11.3 Å². The van der Waals surface area contributed by atoms with Crippen molar-refractivity contribution in [1.82, 2.24) is 4.57 Å². The van der Waals surface area contributed by atoms with Gasteiger partial charge in [-0.2, -0.15) is 0 Å². The number of esters is 1. The molecule has 0 saturated heterocycles. The number of fused-ring (bicyclic) bond motifs is 1. The van der Waals surface area contributed by atoms with Gasteiger partial charge >= 0.3 is 5.97 Å². The summed E-state index contributed by atoms with van der Waals surface area (Å²) in [5.41, 5.74) is 1.83. The number of allylic oxidation sites excluding steroid dienone is 1. The first-order valence-electron chi connectivity index (χ1n) is 11.7. The van der Waals surface area contributed by atoms with Crippen LogP contribution in [-0.2, 0) is 14.3 Å². The van der Waals surface area contributed by atoms with Crippen molar-refractivity contribution in [2.45, 2.75) is 13.0 Å². The Labute approximate surface area is 231 Å². The number of halogens is 2. The van der Waals surface area contributed by atoms with Crippen LogP contribution in [0.4, 0.5) is 0 Å². The lowest BCUT2D eigenvalue weighted by atomic mass is 9.96. The number of nitrogens with zero attached hydrogens (tertiary/aromatic N) is 2. The highest BCUT2D eigenvalue weighted by Gasteiger charge is 2.34. The van der Waals surface area contributed by atoms with Gasteiger partial charge in [0.15, 0.2) is 4.80 Å². The third kappa shape index (κ3) is 5.13. The Morgan fingerprint density at radius 3 is 2.61 bits per heavy atom. The van der Waals surface area contributed by atoms with E-state index in [1.54, 1.807) is 55.5 Å². The largest absolute Gasteiger partial charge is 0.460 e. The molecule has 1 aliphatic rings. The van der Waals surface area contributed by atoms with E-state index in [2.05, 4.69) is 4.99 Å². The molecule has 0 bridgehead atoms. The Morgan fingerprint density at radius 2 is 1.87 bits per heavy atom. The fourth-order valence-electron chi connectivity index (χ4n) is 4.20. The molecule has 1 atom stereocenters. The molecule has 38 heavy (non-hydrogen) atoms. The van der Waals surface area contributed by atoms with Crippen LogP contribution < -0.4 is 14.9 Å². The SMILES string of the molecule is COCCOC(=O)C1=C(C)N=c2s/c(=C\c3ccc(-c4ccc(Cl)cc4)o3)c(=O)n2[C@@H]1c1ccccc1Cl. The molecular formula is C28H22Cl2N2O5S. The highest BCUT2D eigenvalue weighted by molar-refractivity contribution is 7.07. The van der Waals surface area contributed by atoms with Crippen molar-refractivity contribution in [3.05, 3.63) is 113 Å². The first-order valence-corrected chi connectivity index (χ1v) is 13.2. The zero-order valence-electron chi connectivity index (χ0n) is 20.4. The normalized spacial score (nSPS) is 15.4. The second-order valence-corrected chi connectivity index (χ2v) is 10.3. The summed E-state index contributed by atoms with van der Waals surface area (Å²) in [5.74, 6) is 0.567. The van der Waals surface area contributed by atoms with E-state index in [1.165, 1.54) is 23.0 Å². The van der Waals surface area contributed by atoms with Crippen LogP contribution in [0, 0.1) is 0 Å². The second-order valence-electron chi connectivity index (χ2n) is 8.44. The Morgan fingerprint density at radius 1 is 1.11 bits per heavy atom. The number of carbonyl (C=O) groups excluding carboxylic acids is 1. The number of hydrogen-bond donors (Lipinski definition) is 0. The molecule has 0 spiro atoms. The van der Waals surface area contributed by atoms with Crippen molar-refractivity contribution in [2.24, 2.45) is 4.99 Å². The number of thiazole rings is 1. The van der Waals surface area contributed by atoms with Gasteiger partial charge in [0.2, 0.25) is 0 Å². The Balaban J connectivity index is 1.61. The number of methoxy groups -OCH3 is 1. The lowest BCUT2D eigenvalue weighted by Gasteiger charge is -2.25. The summed E-state index contributed by atoms with van der Waals surface area (Å²) in [6, 6.07) is 17.2. The maximum Gasteiger partial charge on any atom is 0.338 e. The molecule has 0 aliphatic carbocycles. The maximum absolute atomic E-state index is 13.8. The van der Waals surface area contributed by atoms with Crippen molar-refractivity contribution in [2.75, 3.05) is 20.3 Å². The minimum atomic E-state index is -0.807. The molecule has 0 amide bonds. The molecule has 5 rings (SSSR count). The number of ether oxygens (including phenoxy) is 2. The topological polar surface area (TPSA) is 83.0 Å². The van der Waals surface area contributed by atoms with Crippen molar-refractivity contribution in [1.29, 1.82) is 0 Å². The summed E-state index contributed by atoms with van der Waals surface area (Å²) in [6.07, 6.45) is 1.67. The fraction of sp³-hybridized carbons (Fsp3) is 0.179. The lowest BCUT2D eigenvalue weighted by molar-refractivity contribution is -0.140. The molecule has 0 saturated carbocycles. The molecular weight excluding hydrogens is 547 g/mol. The molecule has 0 radical (unpaired) electrons. The zero-order valence-corrected chi connectivity index (χ0v) is 22.8. The Kier molecular flexibility index (Phi) is 7.67. The molecule has 0 unspecified atom stereocenters. The van der Waals surface area contributed by atoms with Gasteiger partial charge in [-0.1, -0.05) is 52.7 Å². The van der Waals surface area contributed by atoms with E-state index in [9.17, 15) is 9.59 Å². The first kappa shape index (κ1) is 26.2. The number of rotatable bonds is 7. The van der Waals surface area contributed by atoms with Crippen LogP contribution in [-0.4, -0.2) is 30.9 Å². The molecule has 3 heterocycles. The van der Waals surface area contributed by atoms with Crippen LogP contribution in [0.1, 0.15) is 24.3 Å². The lowest BCUT2D eigenvalue weighted by Crippen LogP contribution is -2.40. The summed E-state index contributed by atoms with van der Waals surface area (Å²) in [7, 11) is 1.52. The van der Waals surface area contributed by atoms with E-state index in [0.717, 1.165) is 5.56 Å². The van der Waals surface area contributed by atoms with E-state index in [4.69, 9.17) is 37.1 Å². The van der Waals surface area contributed by atoms with Crippen molar-refractivity contribution < 1.29 is 18.7 Å². The molecule has 4 aromatic rings. The summed E-state index contributed by atoms with van der Waals surface area (Å²) in [6.45, 7) is 2.04. The number of furan rings is 1. The van der Waals surface area contributed by atoms with Crippen LogP contribution in [0.15, 0.2) is 86.1 Å². The van der Waals surface area contributed by atoms with Gasteiger partial charge in [0.1, 0.15) is 24.2 Å². The number of hydrogen-bond acceptors (Lipinski definition) is 7. The van der Waals surface area contributed by atoms with E-state index >= 15 is 0 Å². The van der Waals surface area contributed by atoms with Crippen molar-refractivity contribution in [3.63, 3.8) is 0 Å². The fourth-order valence-corrected chi connectivity index (χ4v) is 5.59. The quantitative estimate of drug-likeness (QED) is 0.231. The number of aromatic nitrogens is 1. The van der Waals surface area contributed by atoms with Crippen molar-refractivity contribution >= 4 is 46.6 Å². The zero-order chi connectivity index (χ0) is 26.8. The molecule has 10 heteroatoms. The molecule has 0 N–H and O–H groups in total. The molecule has 7 nitrogen and oxygen atoms in total. The van der Waals surface area contributed by atoms with Gasteiger partial charge in [0.05, 0.1) is 22.4 Å². The van der Waals surface area contributed by atoms with Gasteiger partial charge in [-0.15, -0.1) is 0 Å². The average Bonchev–Trinajstić information content (AvgIpc) is 3.48. The Hall–Kier alpha value is -3.43. The number of carbonyl (C=O) groups is 1. The van der Waals surface area contributed by atoms with Crippen LogP contribution in [0.3, 0.4) is 0 Å². The summed E-state index contributed by atoms with van der Waals surface area (Å²) >= 11 is 13.8. The van der Waals surface area contributed by atoms with Crippen LogP contribution in [0.2, 0.25) is 10.0 Å². The van der Waals surface area contributed by atoms with Crippen LogP contribution in [0.25, 0.3) is 17.4 Å². The molecule has 2 aromatic carbocycles. The Bertz CT molecular complexity index is 1720. The van der Waals surface area contributed by atoms with E-state index in [0.29, 0.717) is 42.2 Å². The second kappa shape index (κ2) is 11.1. The standard InChI is InChI=1S/C28H22Cl2N2O5S/c1-16-24(27(34)36-14-13-35-2)25(20-5-3-4-6-21(20)30)32-26(33)23(38-28(32)31-16)15-19-11-12-22(37-19)17-7-9-18(29)10-8-17/h3-12,15,25H,13-14H2,1-2H3/b23-15-/t25-/m1/s1. The van der Waals surface area contributed by atoms with Gasteiger partial charge < -0.3 is 13.9 Å². The van der Waals surface area contributed by atoms with Crippen LogP contribution >= 0.6 is 34.5 Å². The minimum Gasteiger partial charge on any atom is -0.460 e. The third-order valence-electron chi connectivity index (χ3n) is 5.99. The van der Waals surface area contributed by atoms with Gasteiger partial charge in [-0.25, -0.2) is 9.79 Å². The highest BCUT2D eigenvalue weighted by Crippen LogP contribution is 2.34. The predicted molar refractivity (Wildman–Crippen MR) is 147 cm³/mol. The van der Waals surface area contributed by atoms with E-state index in [-0.39, 0.29) is 24.3 Å². The molecule has 0 fully saturated rings. The van der Waals surface area contributed by atoms with Gasteiger partial charge in [0, 0.05) is 28.8 Å². The first-order chi connectivity index (χ1) is 18.4.